The lowest BCUT2D eigenvalue weighted by molar-refractivity contribution is -0.137. The predicted molar refractivity (Wildman–Crippen MR) is 63.9 cm³/mol. The van der Waals surface area contributed by atoms with Gasteiger partial charge in [0.1, 0.15) is 12.2 Å². The van der Waals surface area contributed by atoms with E-state index in [0.29, 0.717) is 12.2 Å². The van der Waals surface area contributed by atoms with E-state index in [9.17, 15) is 9.59 Å². The Kier molecular flexibility index (Phi) is 4.31. The number of aromatic amines is 1. The number of nitrogens with one attached hydrogen (secondary N) is 1. The van der Waals surface area contributed by atoms with Gasteiger partial charge in [-0.2, -0.15) is 0 Å². The number of carbonyl (C=O) groups is 2. The molecule has 1 aromatic heterocycles. The van der Waals surface area contributed by atoms with Crippen LogP contribution in [0.4, 0.5) is 0 Å². The minimum Gasteiger partial charge on any atom is -0.480 e. The quantitative estimate of drug-likeness (QED) is 0.816. The van der Waals surface area contributed by atoms with E-state index in [2.05, 4.69) is 4.98 Å². The van der Waals surface area contributed by atoms with Crippen molar-refractivity contribution in [1.29, 1.82) is 0 Å². The lowest BCUT2D eigenvalue weighted by Crippen LogP contribution is -2.38. The first kappa shape index (κ1) is 13.3. The van der Waals surface area contributed by atoms with Gasteiger partial charge in [0.2, 0.25) is 0 Å². The number of hydrogen-bond donors (Lipinski definition) is 2. The summed E-state index contributed by atoms with van der Waals surface area (Å²) < 4.78 is 0. The molecule has 5 nitrogen and oxygen atoms in total. The van der Waals surface area contributed by atoms with Crippen molar-refractivity contribution in [3.63, 3.8) is 0 Å². The lowest BCUT2D eigenvalue weighted by Gasteiger charge is -2.22. The van der Waals surface area contributed by atoms with Crippen LogP contribution in [0.15, 0.2) is 12.3 Å². The van der Waals surface area contributed by atoms with Gasteiger partial charge in [-0.3, -0.25) is 9.59 Å². The molecule has 0 bridgehead atoms. The number of carboxylic acid groups (broad SMARTS) is 1. The highest BCUT2D eigenvalue weighted by atomic mass is 16.4. The van der Waals surface area contributed by atoms with Crippen molar-refractivity contribution in [2.45, 2.75) is 20.8 Å². The van der Waals surface area contributed by atoms with E-state index in [1.165, 1.54) is 4.90 Å². The molecule has 1 aromatic rings. The molecule has 0 saturated heterocycles. The zero-order valence-corrected chi connectivity index (χ0v) is 10.4. The van der Waals surface area contributed by atoms with E-state index in [-0.39, 0.29) is 18.4 Å². The second-order valence-electron chi connectivity index (χ2n) is 4.51. The fourth-order valence-electron chi connectivity index (χ4n) is 1.66. The smallest absolute Gasteiger partial charge is 0.323 e. The second-order valence-corrected chi connectivity index (χ2v) is 4.51. The maximum absolute atomic E-state index is 12.1. The fraction of sp³-hybridized carbons (Fsp3) is 0.500. The second kappa shape index (κ2) is 5.52. The van der Waals surface area contributed by atoms with Crippen LogP contribution in [-0.4, -0.2) is 40.0 Å². The number of hydrogen-bond acceptors (Lipinski definition) is 2. The maximum Gasteiger partial charge on any atom is 0.323 e. The monoisotopic (exact) mass is 238 g/mol. The molecule has 0 saturated carbocycles. The van der Waals surface area contributed by atoms with Crippen LogP contribution in [0.1, 0.15) is 29.9 Å². The largest absolute Gasteiger partial charge is 0.480 e. The number of H-pyrrole nitrogens is 1. The Balaban J connectivity index is 2.86. The first-order valence-corrected chi connectivity index (χ1v) is 5.57. The van der Waals surface area contributed by atoms with Gasteiger partial charge in [-0.05, 0) is 24.5 Å². The summed E-state index contributed by atoms with van der Waals surface area (Å²) in [6.45, 7) is 5.88. The van der Waals surface area contributed by atoms with Crippen LogP contribution in [0, 0.1) is 12.8 Å². The maximum atomic E-state index is 12.1. The summed E-state index contributed by atoms with van der Waals surface area (Å²) in [7, 11) is 0. The standard InChI is InChI=1S/C12H18N2O3/c1-8(2)6-14(7-10(15)16)12(17)11-9(3)4-5-13-11/h4-5,8,13H,6-7H2,1-3H3,(H,15,16). The molecule has 1 heterocycles. The van der Waals surface area contributed by atoms with Gasteiger partial charge in [-0.25, -0.2) is 0 Å². The van der Waals surface area contributed by atoms with E-state index >= 15 is 0 Å². The number of aryl methyl sites for hydroxylation is 1. The SMILES string of the molecule is Cc1cc[nH]c1C(=O)N(CC(=O)O)CC(C)C. The van der Waals surface area contributed by atoms with E-state index in [4.69, 9.17) is 5.11 Å². The van der Waals surface area contributed by atoms with E-state index in [1.54, 1.807) is 12.3 Å². The molecule has 1 amide bonds. The van der Waals surface area contributed by atoms with Crippen molar-refractivity contribution in [3.05, 3.63) is 23.5 Å². The third-order valence-electron chi connectivity index (χ3n) is 2.37. The number of aromatic nitrogens is 1. The van der Waals surface area contributed by atoms with Gasteiger partial charge in [0.05, 0.1) is 0 Å². The average molecular weight is 238 g/mol. The number of rotatable bonds is 5. The zero-order chi connectivity index (χ0) is 13.0. The van der Waals surface area contributed by atoms with Crippen LogP contribution < -0.4 is 0 Å². The number of aliphatic carboxylic acids is 1. The topological polar surface area (TPSA) is 73.4 Å². The minimum atomic E-state index is -0.997. The summed E-state index contributed by atoms with van der Waals surface area (Å²) in [5.74, 6) is -1.03. The molecule has 1 rings (SSSR count). The Morgan fingerprint density at radius 2 is 2.12 bits per heavy atom. The van der Waals surface area contributed by atoms with Gasteiger partial charge in [0.25, 0.3) is 5.91 Å². The molecule has 0 aliphatic rings. The Labute approximate surface area is 100 Å². The zero-order valence-electron chi connectivity index (χ0n) is 10.4. The Morgan fingerprint density at radius 3 is 2.53 bits per heavy atom. The first-order chi connectivity index (χ1) is 7.91. The average Bonchev–Trinajstić information content (AvgIpc) is 2.61. The molecular weight excluding hydrogens is 220 g/mol. The summed E-state index contributed by atoms with van der Waals surface area (Å²) in [6, 6.07) is 1.79. The summed E-state index contributed by atoms with van der Waals surface area (Å²) >= 11 is 0. The van der Waals surface area contributed by atoms with Gasteiger partial charge < -0.3 is 15.0 Å². The lowest BCUT2D eigenvalue weighted by atomic mass is 10.2. The van der Waals surface area contributed by atoms with Crippen molar-refractivity contribution in [2.24, 2.45) is 5.92 Å². The van der Waals surface area contributed by atoms with E-state index < -0.39 is 5.97 Å². The molecule has 17 heavy (non-hydrogen) atoms. The van der Waals surface area contributed by atoms with Crippen molar-refractivity contribution < 1.29 is 14.7 Å². The number of carboxylic acids is 1. The van der Waals surface area contributed by atoms with Gasteiger partial charge in [0, 0.05) is 12.7 Å². The number of nitrogens with zero attached hydrogens (tertiary/aromatic N) is 1. The van der Waals surface area contributed by atoms with E-state index in [1.807, 2.05) is 20.8 Å². The summed E-state index contributed by atoms with van der Waals surface area (Å²) in [4.78, 5) is 27.1. The Bertz CT molecular complexity index is 410. The normalized spacial score (nSPS) is 10.6. The van der Waals surface area contributed by atoms with Crippen LogP contribution in [0.3, 0.4) is 0 Å². The van der Waals surface area contributed by atoms with E-state index in [0.717, 1.165) is 5.56 Å². The summed E-state index contributed by atoms with van der Waals surface area (Å²) in [6.07, 6.45) is 1.68. The number of amides is 1. The molecule has 5 heteroatoms. The molecule has 0 radical (unpaired) electrons. The van der Waals surface area contributed by atoms with Crippen molar-refractivity contribution in [3.8, 4) is 0 Å². The van der Waals surface area contributed by atoms with Crippen LogP contribution in [0.5, 0.6) is 0 Å². The van der Waals surface area contributed by atoms with Crippen LogP contribution in [0.25, 0.3) is 0 Å². The molecule has 94 valence electrons. The predicted octanol–water partition coefficient (Wildman–Crippen LogP) is 1.51. The van der Waals surface area contributed by atoms with Crippen molar-refractivity contribution >= 4 is 11.9 Å². The molecule has 2 N–H and O–H groups in total. The van der Waals surface area contributed by atoms with Crippen LogP contribution >= 0.6 is 0 Å². The minimum absolute atomic E-state index is 0.230. The molecule has 0 fully saturated rings. The van der Waals surface area contributed by atoms with Gasteiger partial charge in [0.15, 0.2) is 0 Å². The van der Waals surface area contributed by atoms with Gasteiger partial charge in [-0.15, -0.1) is 0 Å². The Morgan fingerprint density at radius 1 is 1.47 bits per heavy atom. The fourth-order valence-corrected chi connectivity index (χ4v) is 1.66. The first-order valence-electron chi connectivity index (χ1n) is 5.57. The van der Waals surface area contributed by atoms with Crippen molar-refractivity contribution in [2.75, 3.05) is 13.1 Å². The summed E-state index contributed by atoms with van der Waals surface area (Å²) in [5, 5.41) is 8.81. The summed E-state index contributed by atoms with van der Waals surface area (Å²) in [5.41, 5.74) is 1.29. The third-order valence-corrected chi connectivity index (χ3v) is 2.37. The van der Waals surface area contributed by atoms with Crippen LogP contribution in [0.2, 0.25) is 0 Å². The molecule has 0 unspecified atom stereocenters. The molecular formula is C12H18N2O3. The Hall–Kier alpha value is -1.78. The highest BCUT2D eigenvalue weighted by molar-refractivity contribution is 5.95. The number of carbonyl (C=O) groups excluding carboxylic acids is 1. The molecule has 0 aliphatic heterocycles. The molecule has 0 atom stereocenters. The van der Waals surface area contributed by atoms with Crippen molar-refractivity contribution in [1.82, 2.24) is 9.88 Å². The molecule has 0 aromatic carbocycles. The molecule has 0 aliphatic carbocycles. The highest BCUT2D eigenvalue weighted by Gasteiger charge is 2.21. The molecule has 0 spiro atoms. The van der Waals surface area contributed by atoms with Crippen LogP contribution in [-0.2, 0) is 4.79 Å². The van der Waals surface area contributed by atoms with Gasteiger partial charge in [-0.1, -0.05) is 13.8 Å². The van der Waals surface area contributed by atoms with Gasteiger partial charge >= 0.3 is 5.97 Å². The third kappa shape index (κ3) is 3.62. The highest BCUT2D eigenvalue weighted by Crippen LogP contribution is 2.10.